The molecule has 2 N–H and O–H groups in total. The monoisotopic (exact) mass is 263 g/mol. The highest BCUT2D eigenvalue weighted by atomic mass is 16.5. The van der Waals surface area contributed by atoms with Gasteiger partial charge < -0.3 is 10.5 Å². The molecule has 0 radical (unpaired) electrons. The molecule has 0 saturated heterocycles. The van der Waals surface area contributed by atoms with Crippen molar-refractivity contribution in [2.75, 3.05) is 13.2 Å². The molecule has 0 spiro atoms. The maximum atomic E-state index is 5.84. The van der Waals surface area contributed by atoms with Crippen LogP contribution in [0.5, 0.6) is 0 Å². The Balaban J connectivity index is 2.32. The zero-order valence-corrected chi connectivity index (χ0v) is 12.4. The van der Waals surface area contributed by atoms with E-state index < -0.39 is 0 Å². The van der Waals surface area contributed by atoms with Crippen LogP contribution in [0.1, 0.15) is 61.5 Å². The van der Waals surface area contributed by atoms with Crippen molar-refractivity contribution in [2.24, 2.45) is 11.7 Å². The van der Waals surface area contributed by atoms with E-state index in [1.807, 2.05) is 6.92 Å². The van der Waals surface area contributed by atoms with E-state index in [1.165, 1.54) is 18.4 Å². The molecule has 19 heavy (non-hydrogen) atoms. The lowest BCUT2D eigenvalue weighted by Crippen LogP contribution is -2.17. The summed E-state index contributed by atoms with van der Waals surface area (Å²) in [5, 5.41) is 0. The highest BCUT2D eigenvalue weighted by Gasteiger charge is 2.35. The third-order valence-electron chi connectivity index (χ3n) is 3.84. The average Bonchev–Trinajstić information content (AvgIpc) is 3.18. The fraction of sp³-hybridized carbons (Fsp3) is 0.733. The van der Waals surface area contributed by atoms with E-state index in [4.69, 9.17) is 20.4 Å². The first kappa shape index (κ1) is 14.4. The molecule has 2 atom stereocenters. The van der Waals surface area contributed by atoms with Crippen molar-refractivity contribution in [1.82, 2.24) is 9.97 Å². The SMILES string of the molecule is CCOC(c1nc(C)c(C(C)CN)c(C)n1)C1CC1. The lowest BCUT2D eigenvalue weighted by atomic mass is 9.98. The van der Waals surface area contributed by atoms with Gasteiger partial charge in [-0.25, -0.2) is 9.97 Å². The molecule has 4 heteroatoms. The Morgan fingerprint density at radius 2 is 1.84 bits per heavy atom. The normalized spacial score (nSPS) is 18.4. The molecule has 1 saturated carbocycles. The molecule has 4 nitrogen and oxygen atoms in total. The number of nitrogens with zero attached hydrogens (tertiary/aromatic N) is 2. The van der Waals surface area contributed by atoms with Gasteiger partial charge in [0.2, 0.25) is 0 Å². The summed E-state index contributed by atoms with van der Waals surface area (Å²) in [4.78, 5) is 9.38. The molecule has 0 bridgehead atoms. The van der Waals surface area contributed by atoms with Crippen LogP contribution in [0.3, 0.4) is 0 Å². The zero-order chi connectivity index (χ0) is 14.0. The van der Waals surface area contributed by atoms with Crippen LogP contribution in [-0.4, -0.2) is 23.1 Å². The summed E-state index contributed by atoms with van der Waals surface area (Å²) >= 11 is 0. The summed E-state index contributed by atoms with van der Waals surface area (Å²) in [7, 11) is 0. The van der Waals surface area contributed by atoms with Gasteiger partial charge in [0.1, 0.15) is 6.10 Å². The molecule has 1 heterocycles. The van der Waals surface area contributed by atoms with E-state index in [-0.39, 0.29) is 6.10 Å². The topological polar surface area (TPSA) is 61.0 Å². The minimum Gasteiger partial charge on any atom is -0.370 e. The molecule has 106 valence electrons. The maximum absolute atomic E-state index is 5.84. The first-order valence-corrected chi connectivity index (χ1v) is 7.25. The van der Waals surface area contributed by atoms with Crippen molar-refractivity contribution in [3.8, 4) is 0 Å². The Hall–Kier alpha value is -1.00. The Bertz CT molecular complexity index is 420. The third kappa shape index (κ3) is 3.12. The molecule has 0 aromatic carbocycles. The number of nitrogens with two attached hydrogens (primary N) is 1. The summed E-state index contributed by atoms with van der Waals surface area (Å²) in [5.41, 5.74) is 9.05. The first-order valence-electron chi connectivity index (χ1n) is 7.25. The van der Waals surface area contributed by atoms with Gasteiger partial charge in [-0.2, -0.15) is 0 Å². The van der Waals surface area contributed by atoms with Gasteiger partial charge in [0.15, 0.2) is 5.82 Å². The van der Waals surface area contributed by atoms with E-state index in [2.05, 4.69) is 20.8 Å². The van der Waals surface area contributed by atoms with Gasteiger partial charge in [-0.05, 0) is 57.6 Å². The summed E-state index contributed by atoms with van der Waals surface area (Å²) in [5.74, 6) is 1.77. The molecule has 0 aliphatic heterocycles. The van der Waals surface area contributed by atoms with E-state index in [0.717, 1.165) is 17.2 Å². The van der Waals surface area contributed by atoms with Gasteiger partial charge in [0, 0.05) is 18.0 Å². The molecule has 1 aromatic heterocycles. The van der Waals surface area contributed by atoms with Crippen LogP contribution in [-0.2, 0) is 4.74 Å². The molecule has 0 amide bonds. The number of ether oxygens (including phenoxy) is 1. The van der Waals surface area contributed by atoms with Gasteiger partial charge in [0.05, 0.1) is 0 Å². The van der Waals surface area contributed by atoms with Gasteiger partial charge >= 0.3 is 0 Å². The first-order chi connectivity index (χ1) is 9.08. The molecule has 1 fully saturated rings. The van der Waals surface area contributed by atoms with Gasteiger partial charge in [-0.3, -0.25) is 0 Å². The lowest BCUT2D eigenvalue weighted by molar-refractivity contribution is 0.0397. The Morgan fingerprint density at radius 3 is 2.26 bits per heavy atom. The highest BCUT2D eigenvalue weighted by molar-refractivity contribution is 5.29. The van der Waals surface area contributed by atoms with Crippen LogP contribution >= 0.6 is 0 Å². The van der Waals surface area contributed by atoms with Crippen LogP contribution in [0.4, 0.5) is 0 Å². The van der Waals surface area contributed by atoms with Crippen LogP contribution in [0.15, 0.2) is 0 Å². The lowest BCUT2D eigenvalue weighted by Gasteiger charge is -2.20. The number of rotatable bonds is 6. The molecule has 2 rings (SSSR count). The second kappa shape index (κ2) is 5.97. The number of hydrogen-bond acceptors (Lipinski definition) is 4. The van der Waals surface area contributed by atoms with Crippen LogP contribution in [0.25, 0.3) is 0 Å². The largest absolute Gasteiger partial charge is 0.370 e. The predicted molar refractivity (Wildman–Crippen MR) is 76.1 cm³/mol. The fourth-order valence-corrected chi connectivity index (χ4v) is 2.71. The average molecular weight is 263 g/mol. The Labute approximate surface area is 115 Å². The van der Waals surface area contributed by atoms with Crippen molar-refractivity contribution < 1.29 is 4.74 Å². The fourth-order valence-electron chi connectivity index (χ4n) is 2.71. The summed E-state index contributed by atoms with van der Waals surface area (Å²) in [6.45, 7) is 9.59. The van der Waals surface area contributed by atoms with Gasteiger partial charge in [-0.1, -0.05) is 6.92 Å². The van der Waals surface area contributed by atoms with Crippen LogP contribution in [0.2, 0.25) is 0 Å². The second-order valence-corrected chi connectivity index (χ2v) is 5.52. The van der Waals surface area contributed by atoms with E-state index in [1.54, 1.807) is 0 Å². The summed E-state index contributed by atoms with van der Waals surface area (Å²) < 4.78 is 5.84. The zero-order valence-electron chi connectivity index (χ0n) is 12.4. The van der Waals surface area contributed by atoms with Gasteiger partial charge in [0.25, 0.3) is 0 Å². The molecular weight excluding hydrogens is 238 g/mol. The van der Waals surface area contributed by atoms with Crippen molar-refractivity contribution in [3.05, 3.63) is 22.8 Å². The van der Waals surface area contributed by atoms with E-state index in [9.17, 15) is 0 Å². The maximum Gasteiger partial charge on any atom is 0.157 e. The predicted octanol–water partition coefficient (Wildman–Crippen LogP) is 2.64. The molecule has 1 aliphatic carbocycles. The third-order valence-corrected chi connectivity index (χ3v) is 3.84. The number of hydrogen-bond donors (Lipinski definition) is 1. The smallest absolute Gasteiger partial charge is 0.157 e. The molecular formula is C15H25N3O. The van der Waals surface area contributed by atoms with E-state index in [0.29, 0.717) is 25.0 Å². The van der Waals surface area contributed by atoms with E-state index >= 15 is 0 Å². The second-order valence-electron chi connectivity index (χ2n) is 5.52. The standard InChI is InChI=1S/C15H25N3O/c1-5-19-14(12-6-7-12)15-17-10(3)13(9(2)8-16)11(4)18-15/h9,12,14H,5-8,16H2,1-4H3. The summed E-state index contributed by atoms with van der Waals surface area (Å²) in [6, 6.07) is 0. The van der Waals surface area contributed by atoms with Crippen molar-refractivity contribution in [2.45, 2.75) is 52.6 Å². The minimum atomic E-state index is 0.0737. The quantitative estimate of drug-likeness (QED) is 0.857. The Morgan fingerprint density at radius 1 is 1.26 bits per heavy atom. The summed E-state index contributed by atoms with van der Waals surface area (Å²) in [6.07, 6.45) is 2.53. The van der Waals surface area contributed by atoms with Crippen molar-refractivity contribution >= 4 is 0 Å². The minimum absolute atomic E-state index is 0.0737. The number of aromatic nitrogens is 2. The molecule has 1 aliphatic rings. The highest BCUT2D eigenvalue weighted by Crippen LogP contribution is 2.42. The number of aryl methyl sites for hydroxylation is 2. The molecule has 1 aromatic rings. The van der Waals surface area contributed by atoms with Crippen molar-refractivity contribution in [3.63, 3.8) is 0 Å². The van der Waals surface area contributed by atoms with Crippen LogP contribution in [0, 0.1) is 19.8 Å². The molecule has 2 unspecified atom stereocenters. The Kier molecular flexibility index (Phi) is 4.53. The van der Waals surface area contributed by atoms with Gasteiger partial charge in [-0.15, -0.1) is 0 Å². The van der Waals surface area contributed by atoms with Crippen LogP contribution < -0.4 is 5.73 Å². The van der Waals surface area contributed by atoms with Crippen molar-refractivity contribution in [1.29, 1.82) is 0 Å².